The number of hydrogen-bond donors (Lipinski definition) is 2. The zero-order valence-corrected chi connectivity index (χ0v) is 13.0. The van der Waals surface area contributed by atoms with E-state index >= 15 is 0 Å². The smallest absolute Gasteiger partial charge is 0.274 e. The first-order valence-corrected chi connectivity index (χ1v) is 7.62. The van der Waals surface area contributed by atoms with Crippen molar-refractivity contribution in [2.24, 2.45) is 4.99 Å². The van der Waals surface area contributed by atoms with Crippen LogP contribution < -0.4 is 10.2 Å². The second-order valence-corrected chi connectivity index (χ2v) is 5.40. The van der Waals surface area contributed by atoms with Gasteiger partial charge >= 0.3 is 0 Å². The summed E-state index contributed by atoms with van der Waals surface area (Å²) in [7, 11) is 0. The molecule has 0 saturated carbocycles. The van der Waals surface area contributed by atoms with Gasteiger partial charge in [-0.1, -0.05) is 24.3 Å². The second-order valence-electron chi connectivity index (χ2n) is 5.40. The molecule has 2 aromatic carbocycles. The maximum atomic E-state index is 11.5. The van der Waals surface area contributed by atoms with Crippen LogP contribution in [0.2, 0.25) is 0 Å². The van der Waals surface area contributed by atoms with E-state index < -0.39 is 5.91 Å². The lowest BCUT2D eigenvalue weighted by molar-refractivity contribution is 0.0706. The minimum atomic E-state index is -0.565. The van der Waals surface area contributed by atoms with Gasteiger partial charge < -0.3 is 4.74 Å². The number of carbonyl (C=O) groups is 1. The van der Waals surface area contributed by atoms with Gasteiger partial charge in [0.25, 0.3) is 5.91 Å². The van der Waals surface area contributed by atoms with Gasteiger partial charge in [0, 0.05) is 17.3 Å². The van der Waals surface area contributed by atoms with Crippen molar-refractivity contribution in [1.29, 1.82) is 0 Å². The highest BCUT2D eigenvalue weighted by Gasteiger charge is 2.20. The molecule has 0 unspecified atom stereocenters. The number of para-hydroxylation sites is 2. The quantitative estimate of drug-likeness (QED) is 0.435. The summed E-state index contributed by atoms with van der Waals surface area (Å²) in [6, 6.07) is 18.0. The molecule has 4 rings (SSSR count). The zero-order chi connectivity index (χ0) is 17.2. The van der Waals surface area contributed by atoms with E-state index in [1.165, 1.54) is 0 Å². The Morgan fingerprint density at radius 3 is 2.60 bits per heavy atom. The number of nitrogens with one attached hydrogen (secondary N) is 1. The van der Waals surface area contributed by atoms with Crippen molar-refractivity contribution >= 4 is 17.3 Å². The number of fused-ring (bicyclic) bond motifs is 2. The summed E-state index contributed by atoms with van der Waals surface area (Å²) in [6.07, 6.45) is 1.67. The van der Waals surface area contributed by atoms with Gasteiger partial charge in [0.15, 0.2) is 5.75 Å². The second kappa shape index (κ2) is 6.18. The highest BCUT2D eigenvalue weighted by atomic mass is 16.5. The van der Waals surface area contributed by atoms with Crippen molar-refractivity contribution in [2.75, 3.05) is 0 Å². The number of aromatic nitrogens is 1. The highest BCUT2D eigenvalue weighted by molar-refractivity contribution is 6.16. The van der Waals surface area contributed by atoms with Crippen molar-refractivity contribution < 1.29 is 14.7 Å². The van der Waals surface area contributed by atoms with Crippen LogP contribution in [-0.4, -0.2) is 21.8 Å². The molecule has 0 fully saturated rings. The van der Waals surface area contributed by atoms with Crippen LogP contribution in [-0.2, 0) is 0 Å². The SMILES string of the molecule is O=C(NO)c1ccc(C2=Nc3ccccc3Oc3ncccc32)cc1. The predicted octanol–water partition coefficient (Wildman–Crippen LogP) is 3.48. The van der Waals surface area contributed by atoms with Crippen LogP contribution in [0.1, 0.15) is 21.5 Å². The van der Waals surface area contributed by atoms with Gasteiger partial charge in [0.1, 0.15) is 5.69 Å². The molecule has 3 aromatic rings. The lowest BCUT2D eigenvalue weighted by atomic mass is 10.0. The van der Waals surface area contributed by atoms with Crippen LogP contribution in [0, 0.1) is 0 Å². The number of nitrogens with zero attached hydrogens (tertiary/aromatic N) is 2. The third-order valence-corrected chi connectivity index (χ3v) is 3.85. The first-order chi connectivity index (χ1) is 12.3. The molecule has 6 heteroatoms. The minimum absolute atomic E-state index is 0.350. The molecule has 1 aliphatic heterocycles. The van der Waals surface area contributed by atoms with E-state index in [9.17, 15) is 4.79 Å². The molecule has 25 heavy (non-hydrogen) atoms. The average Bonchev–Trinajstić information content (AvgIpc) is 2.84. The van der Waals surface area contributed by atoms with Crippen LogP contribution in [0.25, 0.3) is 0 Å². The Balaban J connectivity index is 1.87. The number of hydrogen-bond acceptors (Lipinski definition) is 5. The maximum absolute atomic E-state index is 11.5. The van der Waals surface area contributed by atoms with Gasteiger partial charge in [0.05, 0.1) is 11.3 Å². The van der Waals surface area contributed by atoms with Crippen LogP contribution in [0.3, 0.4) is 0 Å². The average molecular weight is 331 g/mol. The van der Waals surface area contributed by atoms with Crippen molar-refractivity contribution in [3.63, 3.8) is 0 Å². The third-order valence-electron chi connectivity index (χ3n) is 3.85. The van der Waals surface area contributed by atoms with Crippen LogP contribution in [0.15, 0.2) is 71.9 Å². The molecule has 1 aliphatic rings. The lowest BCUT2D eigenvalue weighted by Crippen LogP contribution is -2.18. The van der Waals surface area contributed by atoms with Crippen LogP contribution >= 0.6 is 0 Å². The Labute approximate surface area is 143 Å². The first kappa shape index (κ1) is 15.0. The van der Waals surface area contributed by atoms with Crippen LogP contribution in [0.5, 0.6) is 11.6 Å². The van der Waals surface area contributed by atoms with Crippen molar-refractivity contribution in [1.82, 2.24) is 10.5 Å². The Bertz CT molecular complexity index is 981. The van der Waals surface area contributed by atoms with E-state index in [-0.39, 0.29) is 0 Å². The number of carbonyl (C=O) groups excluding carboxylic acids is 1. The van der Waals surface area contributed by atoms with E-state index in [0.29, 0.717) is 28.6 Å². The number of hydroxylamine groups is 1. The fraction of sp³-hybridized carbons (Fsp3) is 0. The summed E-state index contributed by atoms with van der Waals surface area (Å²) in [5, 5.41) is 8.73. The maximum Gasteiger partial charge on any atom is 0.274 e. The summed E-state index contributed by atoms with van der Waals surface area (Å²) in [6.45, 7) is 0. The molecule has 1 aromatic heterocycles. The molecular weight excluding hydrogens is 318 g/mol. The topological polar surface area (TPSA) is 83.8 Å². The number of pyridine rings is 1. The third kappa shape index (κ3) is 2.75. The molecule has 0 aliphatic carbocycles. The Morgan fingerprint density at radius 1 is 1.00 bits per heavy atom. The molecule has 0 bridgehead atoms. The number of aliphatic imine (C=N–C) groups is 1. The fourth-order valence-corrected chi connectivity index (χ4v) is 2.64. The van der Waals surface area contributed by atoms with Crippen molar-refractivity contribution in [3.8, 4) is 11.6 Å². The lowest BCUT2D eigenvalue weighted by Gasteiger charge is -2.09. The molecule has 0 saturated heterocycles. The molecular formula is C19H13N3O3. The number of benzene rings is 2. The molecule has 0 atom stereocenters. The normalized spacial score (nSPS) is 12.1. The monoisotopic (exact) mass is 331 g/mol. The zero-order valence-electron chi connectivity index (χ0n) is 13.0. The summed E-state index contributed by atoms with van der Waals surface area (Å²) in [5.41, 5.74) is 4.94. The van der Waals surface area contributed by atoms with Gasteiger partial charge in [-0.2, -0.15) is 0 Å². The summed E-state index contributed by atoms with van der Waals surface area (Å²) >= 11 is 0. The number of rotatable bonds is 2. The van der Waals surface area contributed by atoms with Gasteiger partial charge in [-0.3, -0.25) is 10.0 Å². The summed E-state index contributed by atoms with van der Waals surface area (Å²) in [4.78, 5) is 20.6. The Kier molecular flexibility index (Phi) is 3.72. The minimum Gasteiger partial charge on any atom is -0.436 e. The van der Waals surface area contributed by atoms with Gasteiger partial charge in [0.2, 0.25) is 5.88 Å². The Hall–Kier alpha value is -3.51. The highest BCUT2D eigenvalue weighted by Crippen LogP contribution is 2.37. The van der Waals surface area contributed by atoms with Gasteiger partial charge in [-0.25, -0.2) is 15.5 Å². The summed E-state index contributed by atoms with van der Waals surface area (Å²) < 4.78 is 5.91. The van der Waals surface area contributed by atoms with E-state index in [4.69, 9.17) is 14.9 Å². The van der Waals surface area contributed by atoms with Crippen LogP contribution in [0.4, 0.5) is 5.69 Å². The number of ether oxygens (including phenoxy) is 1. The van der Waals surface area contributed by atoms with E-state index in [0.717, 1.165) is 11.1 Å². The van der Waals surface area contributed by atoms with Crippen molar-refractivity contribution in [2.45, 2.75) is 0 Å². The van der Waals surface area contributed by atoms with E-state index in [1.807, 2.05) is 36.4 Å². The summed E-state index contributed by atoms with van der Waals surface area (Å²) in [5.74, 6) is 0.544. The molecule has 122 valence electrons. The van der Waals surface area contributed by atoms with E-state index in [2.05, 4.69) is 4.98 Å². The number of amides is 1. The molecule has 6 nitrogen and oxygen atoms in total. The van der Waals surface area contributed by atoms with Gasteiger partial charge in [-0.15, -0.1) is 0 Å². The fourth-order valence-electron chi connectivity index (χ4n) is 2.64. The molecule has 1 amide bonds. The predicted molar refractivity (Wildman–Crippen MR) is 91.7 cm³/mol. The molecule has 0 spiro atoms. The first-order valence-electron chi connectivity index (χ1n) is 7.62. The van der Waals surface area contributed by atoms with E-state index in [1.54, 1.807) is 35.9 Å². The molecule has 2 N–H and O–H groups in total. The standard InChI is InChI=1S/C19H13N3O3/c23-18(22-24)13-9-7-12(8-10-13)17-14-4-3-11-20-19(14)25-16-6-2-1-5-15(16)21-17/h1-11,24H,(H,22,23). The largest absolute Gasteiger partial charge is 0.436 e. The van der Waals surface area contributed by atoms with Gasteiger partial charge in [-0.05, 0) is 36.4 Å². The Morgan fingerprint density at radius 2 is 1.80 bits per heavy atom. The van der Waals surface area contributed by atoms with Crippen molar-refractivity contribution in [3.05, 3.63) is 83.6 Å². The molecule has 2 heterocycles. The molecule has 0 radical (unpaired) electrons.